The van der Waals surface area contributed by atoms with Gasteiger partial charge in [-0.25, -0.2) is 0 Å². The molecule has 1 aromatic rings. The van der Waals surface area contributed by atoms with Gasteiger partial charge < -0.3 is 4.74 Å². The van der Waals surface area contributed by atoms with Crippen molar-refractivity contribution in [1.29, 1.82) is 0 Å². The second kappa shape index (κ2) is 3.46. The van der Waals surface area contributed by atoms with Gasteiger partial charge in [0.2, 0.25) is 0 Å². The van der Waals surface area contributed by atoms with Crippen LogP contribution in [-0.2, 0) is 0 Å². The van der Waals surface area contributed by atoms with Gasteiger partial charge in [-0.05, 0) is 25.1 Å². The second-order valence-corrected chi connectivity index (χ2v) is 5.10. The molecule has 1 nitrogen and oxygen atoms in total. The molecule has 0 saturated carbocycles. The van der Waals surface area contributed by atoms with Gasteiger partial charge in [-0.1, -0.05) is 29.9 Å². The summed E-state index contributed by atoms with van der Waals surface area (Å²) in [7, 11) is 0. The van der Waals surface area contributed by atoms with Crippen LogP contribution in [0.25, 0.3) is 0 Å². The third-order valence-corrected chi connectivity index (χ3v) is 3.94. The topological polar surface area (TPSA) is 9.23 Å². The van der Waals surface area contributed by atoms with Gasteiger partial charge in [0, 0.05) is 0 Å². The van der Waals surface area contributed by atoms with Crippen LogP contribution in [0.15, 0.2) is 53.0 Å². The molecule has 15 heavy (non-hydrogen) atoms. The average molecular weight is 216 g/mol. The number of para-hydroxylation sites is 1. The molecule has 2 heteroatoms. The van der Waals surface area contributed by atoms with Crippen molar-refractivity contribution in [3.63, 3.8) is 0 Å². The van der Waals surface area contributed by atoms with E-state index in [0.29, 0.717) is 5.25 Å². The molecule has 0 fully saturated rings. The molecule has 1 aromatic carbocycles. The van der Waals surface area contributed by atoms with E-state index >= 15 is 0 Å². The molecule has 0 aromatic heterocycles. The normalized spacial score (nSPS) is 27.4. The molecule has 1 aliphatic heterocycles. The Morgan fingerprint density at radius 3 is 3.07 bits per heavy atom. The Kier molecular flexibility index (Phi) is 2.10. The zero-order valence-corrected chi connectivity index (χ0v) is 9.33. The van der Waals surface area contributed by atoms with E-state index in [1.54, 1.807) is 0 Å². The molecule has 0 spiro atoms. The van der Waals surface area contributed by atoms with E-state index < -0.39 is 0 Å². The first-order valence-electron chi connectivity index (χ1n) is 5.12. The van der Waals surface area contributed by atoms with Gasteiger partial charge in [0.1, 0.15) is 11.9 Å². The highest BCUT2D eigenvalue weighted by molar-refractivity contribution is 8.00. The smallest absolute Gasteiger partial charge is 0.133 e. The van der Waals surface area contributed by atoms with Gasteiger partial charge in [0.15, 0.2) is 0 Å². The summed E-state index contributed by atoms with van der Waals surface area (Å²) < 4.78 is 5.93. The summed E-state index contributed by atoms with van der Waals surface area (Å²) in [5.41, 5.74) is 1.33. The van der Waals surface area contributed by atoms with Crippen molar-refractivity contribution in [3.8, 4) is 5.75 Å². The first kappa shape index (κ1) is 9.10. The molecule has 0 bridgehead atoms. The SMILES string of the molecule is CC1=CC2Sc3ccccc3OC2C=C1. The maximum Gasteiger partial charge on any atom is 0.133 e. The van der Waals surface area contributed by atoms with Crippen LogP contribution in [0.4, 0.5) is 0 Å². The maximum absolute atomic E-state index is 5.93. The van der Waals surface area contributed by atoms with E-state index in [2.05, 4.69) is 37.3 Å². The molecule has 0 amide bonds. The predicted octanol–water partition coefficient (Wildman–Crippen LogP) is 3.42. The van der Waals surface area contributed by atoms with Crippen LogP contribution in [-0.4, -0.2) is 11.4 Å². The van der Waals surface area contributed by atoms with E-state index in [9.17, 15) is 0 Å². The number of ether oxygens (including phenoxy) is 1. The van der Waals surface area contributed by atoms with Gasteiger partial charge in [-0.15, -0.1) is 11.8 Å². The first-order chi connectivity index (χ1) is 7.33. The molecule has 0 radical (unpaired) electrons. The quantitative estimate of drug-likeness (QED) is 0.657. The molecule has 0 saturated heterocycles. The molecule has 3 rings (SSSR count). The largest absolute Gasteiger partial charge is 0.484 e. The summed E-state index contributed by atoms with van der Waals surface area (Å²) in [6.45, 7) is 2.13. The Morgan fingerprint density at radius 1 is 1.27 bits per heavy atom. The van der Waals surface area contributed by atoms with Crippen molar-refractivity contribution in [2.45, 2.75) is 23.2 Å². The van der Waals surface area contributed by atoms with Crippen LogP contribution in [0.3, 0.4) is 0 Å². The van der Waals surface area contributed by atoms with E-state index in [1.165, 1.54) is 10.5 Å². The van der Waals surface area contributed by atoms with Crippen LogP contribution >= 0.6 is 11.8 Å². The molecule has 0 N–H and O–H groups in total. The number of hydrogen-bond acceptors (Lipinski definition) is 2. The zero-order valence-electron chi connectivity index (χ0n) is 8.51. The number of rotatable bonds is 0. The Morgan fingerprint density at radius 2 is 2.13 bits per heavy atom. The lowest BCUT2D eigenvalue weighted by atomic mass is 10.1. The highest BCUT2D eigenvalue weighted by Gasteiger charge is 2.28. The first-order valence-corrected chi connectivity index (χ1v) is 6.00. The third-order valence-electron chi connectivity index (χ3n) is 2.68. The molecular weight excluding hydrogens is 204 g/mol. The van der Waals surface area contributed by atoms with Crippen molar-refractivity contribution in [2.24, 2.45) is 0 Å². The minimum Gasteiger partial charge on any atom is -0.484 e. The van der Waals surface area contributed by atoms with E-state index in [0.717, 1.165) is 5.75 Å². The minimum absolute atomic E-state index is 0.202. The number of fused-ring (bicyclic) bond motifs is 2. The van der Waals surface area contributed by atoms with Gasteiger partial charge >= 0.3 is 0 Å². The summed E-state index contributed by atoms with van der Waals surface area (Å²) in [5.74, 6) is 1.02. The number of benzene rings is 1. The number of thioether (sulfide) groups is 1. The molecule has 2 atom stereocenters. The monoisotopic (exact) mass is 216 g/mol. The van der Waals surface area contributed by atoms with Crippen molar-refractivity contribution >= 4 is 11.8 Å². The molecule has 2 unspecified atom stereocenters. The second-order valence-electron chi connectivity index (χ2n) is 3.88. The van der Waals surface area contributed by atoms with Crippen molar-refractivity contribution in [3.05, 3.63) is 48.1 Å². The van der Waals surface area contributed by atoms with Gasteiger partial charge in [0.05, 0.1) is 10.1 Å². The number of allylic oxidation sites excluding steroid dienone is 2. The Hall–Kier alpha value is -1.15. The van der Waals surface area contributed by atoms with Gasteiger partial charge in [0.25, 0.3) is 0 Å². The standard InChI is InChI=1S/C13H12OS/c1-9-6-7-11-13(8-9)15-12-5-3-2-4-10(12)14-11/h2-8,11,13H,1H3. The third kappa shape index (κ3) is 1.59. The summed E-state index contributed by atoms with van der Waals surface area (Å²) in [6, 6.07) is 8.24. The zero-order chi connectivity index (χ0) is 10.3. The molecule has 2 aliphatic rings. The maximum atomic E-state index is 5.93. The lowest BCUT2D eigenvalue weighted by molar-refractivity contribution is 0.243. The predicted molar refractivity (Wildman–Crippen MR) is 63.4 cm³/mol. The fourth-order valence-corrected chi connectivity index (χ4v) is 3.16. The lowest BCUT2D eigenvalue weighted by Crippen LogP contribution is -2.31. The van der Waals surface area contributed by atoms with Gasteiger partial charge in [-0.2, -0.15) is 0 Å². The van der Waals surface area contributed by atoms with Crippen LogP contribution in [0.1, 0.15) is 6.92 Å². The molecule has 1 aliphatic carbocycles. The van der Waals surface area contributed by atoms with Crippen LogP contribution in [0, 0.1) is 0 Å². The van der Waals surface area contributed by atoms with Crippen molar-refractivity contribution < 1.29 is 4.74 Å². The minimum atomic E-state index is 0.202. The Labute approximate surface area is 93.8 Å². The highest BCUT2D eigenvalue weighted by Crippen LogP contribution is 2.41. The number of hydrogen-bond donors (Lipinski definition) is 0. The van der Waals surface area contributed by atoms with E-state index in [1.807, 2.05) is 23.9 Å². The van der Waals surface area contributed by atoms with Crippen molar-refractivity contribution in [2.75, 3.05) is 0 Å². The van der Waals surface area contributed by atoms with E-state index in [4.69, 9.17) is 4.74 Å². The van der Waals surface area contributed by atoms with Crippen LogP contribution in [0.2, 0.25) is 0 Å². The molecule has 1 heterocycles. The summed E-state index contributed by atoms with van der Waals surface area (Å²) in [6.07, 6.45) is 6.78. The van der Waals surface area contributed by atoms with Crippen molar-refractivity contribution in [1.82, 2.24) is 0 Å². The molecular formula is C13H12OS. The molecule has 76 valence electrons. The fraction of sp³-hybridized carbons (Fsp3) is 0.231. The summed E-state index contributed by atoms with van der Waals surface area (Å²) >= 11 is 1.89. The summed E-state index contributed by atoms with van der Waals surface area (Å²) in [5, 5.41) is 0.435. The van der Waals surface area contributed by atoms with Crippen LogP contribution in [0.5, 0.6) is 5.75 Å². The Bertz CT molecular complexity index is 448. The van der Waals surface area contributed by atoms with Gasteiger partial charge in [-0.3, -0.25) is 0 Å². The van der Waals surface area contributed by atoms with Crippen LogP contribution < -0.4 is 4.74 Å². The highest BCUT2D eigenvalue weighted by atomic mass is 32.2. The fourth-order valence-electron chi connectivity index (χ4n) is 1.91. The average Bonchev–Trinajstić information content (AvgIpc) is 2.26. The van der Waals surface area contributed by atoms with E-state index in [-0.39, 0.29) is 6.10 Å². The Balaban J connectivity index is 1.98. The lowest BCUT2D eigenvalue weighted by Gasteiger charge is -2.31. The summed E-state index contributed by atoms with van der Waals surface area (Å²) in [4.78, 5) is 1.25.